The Kier molecular flexibility index (Phi) is 43.1. The van der Waals surface area contributed by atoms with E-state index < -0.39 is 86.8 Å². The summed E-state index contributed by atoms with van der Waals surface area (Å²) >= 11 is 0. The van der Waals surface area contributed by atoms with Crippen molar-refractivity contribution in [2.24, 2.45) is 0 Å². The number of amides is 1. The second kappa shape index (κ2) is 47.9. The number of nitrogens with one attached hydrogen (secondary N) is 1. The van der Waals surface area contributed by atoms with Crippen LogP contribution in [0.5, 0.6) is 0 Å². The van der Waals surface area contributed by atoms with E-state index in [2.05, 4.69) is 141 Å². The van der Waals surface area contributed by atoms with Gasteiger partial charge in [0.2, 0.25) is 5.91 Å². The molecule has 1 amide bonds. The van der Waals surface area contributed by atoms with Gasteiger partial charge in [-0.25, -0.2) is 0 Å². The van der Waals surface area contributed by atoms with Crippen LogP contribution >= 0.6 is 0 Å². The van der Waals surface area contributed by atoms with Gasteiger partial charge in [-0.2, -0.15) is 0 Å². The molecule has 0 bridgehead atoms. The number of aliphatic hydroxyl groups excluding tert-OH is 8. The van der Waals surface area contributed by atoms with Gasteiger partial charge in [-0.15, -0.1) is 0 Å². The first-order valence-electron chi connectivity index (χ1n) is 29.4. The third-order valence-electron chi connectivity index (χ3n) is 13.3. The van der Waals surface area contributed by atoms with Crippen LogP contribution in [0.4, 0.5) is 0 Å². The summed E-state index contributed by atoms with van der Waals surface area (Å²) < 4.78 is 22.6. The Labute approximate surface area is 469 Å². The smallest absolute Gasteiger partial charge is 0.220 e. The van der Waals surface area contributed by atoms with Gasteiger partial charge < -0.3 is 65.1 Å². The average molecular weight is 1090 g/mol. The molecule has 2 rings (SSSR count). The van der Waals surface area contributed by atoms with Crippen molar-refractivity contribution >= 4 is 5.91 Å². The Morgan fingerprint density at radius 3 is 1.41 bits per heavy atom. The van der Waals surface area contributed by atoms with Crippen LogP contribution in [-0.2, 0) is 23.7 Å². The maximum absolute atomic E-state index is 13.2. The van der Waals surface area contributed by atoms with Gasteiger partial charge in [0.15, 0.2) is 12.6 Å². The highest BCUT2D eigenvalue weighted by molar-refractivity contribution is 5.76. The first-order chi connectivity index (χ1) is 38.1. The third kappa shape index (κ3) is 33.0. The largest absolute Gasteiger partial charge is 0.394 e. The summed E-state index contributed by atoms with van der Waals surface area (Å²) in [6.07, 6.45) is 53.8. The molecule has 78 heavy (non-hydrogen) atoms. The number of hydrogen-bond donors (Lipinski definition) is 9. The van der Waals surface area contributed by atoms with Gasteiger partial charge in [0.1, 0.15) is 48.8 Å². The fraction of sp³-hybridized carbons (Fsp3) is 0.641. The Morgan fingerprint density at radius 1 is 0.474 bits per heavy atom. The van der Waals surface area contributed by atoms with Crippen molar-refractivity contribution in [2.45, 2.75) is 242 Å². The van der Waals surface area contributed by atoms with E-state index in [-0.39, 0.29) is 18.9 Å². The lowest BCUT2D eigenvalue weighted by Gasteiger charge is -2.46. The predicted molar refractivity (Wildman–Crippen MR) is 313 cm³/mol. The number of carbonyl (C=O) groups is 1. The molecule has 0 aromatic heterocycles. The highest BCUT2D eigenvalue weighted by Crippen LogP contribution is 2.30. The molecule has 2 saturated heterocycles. The van der Waals surface area contributed by atoms with Crippen LogP contribution in [-0.4, -0.2) is 140 Å². The molecule has 0 spiro atoms. The fourth-order valence-electron chi connectivity index (χ4n) is 8.59. The molecule has 442 valence electrons. The fourth-order valence-corrected chi connectivity index (χ4v) is 8.59. The zero-order valence-electron chi connectivity index (χ0n) is 47.3. The maximum Gasteiger partial charge on any atom is 0.220 e. The molecule has 2 fully saturated rings. The zero-order valence-corrected chi connectivity index (χ0v) is 47.3. The second-order valence-corrected chi connectivity index (χ2v) is 20.0. The second-order valence-electron chi connectivity index (χ2n) is 20.0. The van der Waals surface area contributed by atoms with E-state index in [9.17, 15) is 45.6 Å². The van der Waals surface area contributed by atoms with Gasteiger partial charge in [0, 0.05) is 6.42 Å². The first kappa shape index (κ1) is 70.2. The lowest BCUT2D eigenvalue weighted by molar-refractivity contribution is -0.359. The van der Waals surface area contributed by atoms with Crippen LogP contribution in [0.25, 0.3) is 0 Å². The monoisotopic (exact) mass is 1090 g/mol. The van der Waals surface area contributed by atoms with Crippen molar-refractivity contribution in [3.63, 3.8) is 0 Å². The van der Waals surface area contributed by atoms with E-state index in [1.165, 1.54) is 6.42 Å². The van der Waals surface area contributed by atoms with Gasteiger partial charge in [0.25, 0.3) is 0 Å². The Bertz CT molecular complexity index is 1820. The van der Waals surface area contributed by atoms with Gasteiger partial charge in [-0.1, -0.05) is 192 Å². The molecule has 0 saturated carbocycles. The van der Waals surface area contributed by atoms with Crippen LogP contribution < -0.4 is 5.32 Å². The summed E-state index contributed by atoms with van der Waals surface area (Å²) in [5.41, 5.74) is 0. The maximum atomic E-state index is 13.2. The molecule has 0 radical (unpaired) electrons. The number of allylic oxidation sites excluding steroid dienone is 21. The van der Waals surface area contributed by atoms with E-state index >= 15 is 0 Å². The molecule has 0 aromatic carbocycles. The van der Waals surface area contributed by atoms with Crippen LogP contribution in [0.1, 0.15) is 168 Å². The van der Waals surface area contributed by atoms with E-state index in [1.807, 2.05) is 6.08 Å². The standard InChI is InChI=1S/C64H103NO13/c1-3-5-7-9-11-13-14-15-16-17-18-19-20-21-22-23-24-25-26-27-28-29-30-31-32-33-34-35-36-37-38-40-42-44-46-48-56(69)65-52(53(68)47-45-43-41-39-12-10-8-6-4-2)51-75-63-61(74)59(72)62(55(50-67)77-63)78-64-60(73)58(71)57(70)54(49-66)76-64/h5,7,11-13,15-16,18-19,21-22,24-25,27-28,30-31,33-34,39,45,47,52-55,57-64,66-68,70-74H,3-4,6,8-10,14,17,20,23,26,29,32,35-38,40-44,46,48-51H2,1-2H3,(H,65,69)/b7-5-,13-11-,16-15-,19-18-,22-21-,25-24-,28-27-,31-30-,34-33-,39-12+,47-45+. The quantitative estimate of drug-likeness (QED) is 0.0205. The number of aliphatic hydroxyl groups is 8. The molecule has 12 atom stereocenters. The Hall–Kier alpha value is -3.87. The minimum absolute atomic E-state index is 0.250. The average Bonchev–Trinajstić information content (AvgIpc) is 3.44. The summed E-state index contributed by atoms with van der Waals surface area (Å²) in [7, 11) is 0. The highest BCUT2D eigenvalue weighted by Gasteiger charge is 2.51. The minimum Gasteiger partial charge on any atom is -0.394 e. The number of hydrogen-bond acceptors (Lipinski definition) is 13. The van der Waals surface area contributed by atoms with Crippen LogP contribution in [0.3, 0.4) is 0 Å². The van der Waals surface area contributed by atoms with Crippen molar-refractivity contribution in [3.8, 4) is 0 Å². The van der Waals surface area contributed by atoms with E-state index in [0.717, 1.165) is 128 Å². The summed E-state index contributed by atoms with van der Waals surface area (Å²) in [5, 5.41) is 86.7. The van der Waals surface area contributed by atoms with Crippen molar-refractivity contribution < 1.29 is 64.6 Å². The van der Waals surface area contributed by atoms with Crippen LogP contribution in [0.2, 0.25) is 0 Å². The normalized spacial score (nSPS) is 25.6. The SMILES string of the molecule is CC/C=C\C/C=C\C/C=C\C/C=C\C/C=C\C/C=C\C/C=C\C/C=C\C/C=C\CCCCCCCCCC(=O)NC(COC1OC(CO)C(OC2OC(CO)C(O)C(O)C2O)C(O)C1O)C(O)/C=C/CC/C=C/CCCCC. The molecule has 0 aromatic rings. The number of carbonyl (C=O) groups excluding carboxylic acids is 1. The molecule has 12 unspecified atom stereocenters. The van der Waals surface area contributed by atoms with Crippen LogP contribution in [0, 0.1) is 0 Å². The van der Waals surface area contributed by atoms with Crippen LogP contribution in [0.15, 0.2) is 134 Å². The van der Waals surface area contributed by atoms with Gasteiger partial charge in [0.05, 0.1) is 32.0 Å². The van der Waals surface area contributed by atoms with Crippen molar-refractivity contribution in [2.75, 3.05) is 19.8 Å². The molecule has 14 heteroatoms. The lowest BCUT2D eigenvalue weighted by atomic mass is 9.97. The number of ether oxygens (including phenoxy) is 4. The molecule has 0 aliphatic carbocycles. The van der Waals surface area contributed by atoms with E-state index in [4.69, 9.17) is 18.9 Å². The van der Waals surface area contributed by atoms with Crippen molar-refractivity contribution in [1.82, 2.24) is 5.32 Å². The summed E-state index contributed by atoms with van der Waals surface area (Å²) in [6.45, 7) is 2.56. The molecule has 2 aliphatic rings. The van der Waals surface area contributed by atoms with Gasteiger partial charge in [-0.05, 0) is 103 Å². The summed E-state index contributed by atoms with van der Waals surface area (Å²) in [5.74, 6) is -0.271. The Morgan fingerprint density at radius 2 is 0.897 bits per heavy atom. The predicted octanol–water partition coefficient (Wildman–Crippen LogP) is 9.99. The Balaban J connectivity index is 1.65. The molecule has 2 aliphatic heterocycles. The third-order valence-corrected chi connectivity index (χ3v) is 13.3. The summed E-state index contributed by atoms with van der Waals surface area (Å²) in [6, 6.07) is -0.945. The van der Waals surface area contributed by atoms with E-state index in [1.54, 1.807) is 6.08 Å². The molecule has 2 heterocycles. The highest BCUT2D eigenvalue weighted by atomic mass is 16.7. The van der Waals surface area contributed by atoms with E-state index in [0.29, 0.717) is 12.8 Å². The van der Waals surface area contributed by atoms with Gasteiger partial charge >= 0.3 is 0 Å². The van der Waals surface area contributed by atoms with Crippen molar-refractivity contribution in [1.29, 1.82) is 0 Å². The minimum atomic E-state index is -1.80. The van der Waals surface area contributed by atoms with Crippen molar-refractivity contribution in [3.05, 3.63) is 134 Å². The first-order valence-corrected chi connectivity index (χ1v) is 29.4. The van der Waals surface area contributed by atoms with Gasteiger partial charge in [-0.3, -0.25) is 4.79 Å². The molecule has 14 nitrogen and oxygen atoms in total. The summed E-state index contributed by atoms with van der Waals surface area (Å²) in [4.78, 5) is 13.2. The lowest BCUT2D eigenvalue weighted by Crippen LogP contribution is -2.65. The molecule has 9 N–H and O–H groups in total. The molecular formula is C64H103NO13. The molecular weight excluding hydrogens is 991 g/mol. The number of rotatable bonds is 44. The zero-order chi connectivity index (χ0) is 56.7. The number of unbranched alkanes of at least 4 members (excludes halogenated alkanes) is 11. The topological polar surface area (TPSA) is 228 Å².